The van der Waals surface area contributed by atoms with E-state index in [0.29, 0.717) is 0 Å². The molecule has 1 spiro atoms. The van der Waals surface area contributed by atoms with Crippen LogP contribution in [0.5, 0.6) is 0 Å². The molecule has 1 atom stereocenters. The fourth-order valence-electron chi connectivity index (χ4n) is 5.24. The first-order chi connectivity index (χ1) is 13.7. The molecule has 1 saturated heterocycles. The highest BCUT2D eigenvalue weighted by Crippen LogP contribution is 2.48. The van der Waals surface area contributed by atoms with E-state index in [0.717, 1.165) is 50.4 Å². The Bertz CT molecular complexity index is 764. The Morgan fingerprint density at radius 1 is 1.03 bits per heavy atom. The van der Waals surface area contributed by atoms with Crippen molar-refractivity contribution in [2.75, 3.05) is 13.2 Å². The summed E-state index contributed by atoms with van der Waals surface area (Å²) < 4.78 is 6.45. The zero-order valence-corrected chi connectivity index (χ0v) is 18.6. The maximum Gasteiger partial charge on any atom is 0.0691 e. The molecule has 1 aliphatic heterocycles. The van der Waals surface area contributed by atoms with Gasteiger partial charge in [-0.15, -0.1) is 12.4 Å². The van der Waals surface area contributed by atoms with Gasteiger partial charge >= 0.3 is 0 Å². The lowest BCUT2D eigenvalue weighted by molar-refractivity contribution is -0.0460. The lowest BCUT2D eigenvalue weighted by atomic mass is 9.69. The quantitative estimate of drug-likeness (QED) is 0.558. The van der Waals surface area contributed by atoms with Crippen LogP contribution in [0.3, 0.4) is 0 Å². The first-order valence-corrected chi connectivity index (χ1v) is 11.1. The zero-order chi connectivity index (χ0) is 19.3. The number of ether oxygens (including phenoxy) is 1. The Balaban J connectivity index is 0.00000240. The molecule has 1 aromatic carbocycles. The van der Waals surface area contributed by atoms with Crippen LogP contribution in [0.1, 0.15) is 62.6 Å². The Labute approximate surface area is 186 Å². The number of benzene rings is 1. The summed E-state index contributed by atoms with van der Waals surface area (Å²) in [7, 11) is 0. The predicted molar refractivity (Wildman–Crippen MR) is 122 cm³/mol. The third-order valence-electron chi connectivity index (χ3n) is 6.59. The van der Waals surface area contributed by atoms with Crippen LogP contribution >= 0.6 is 24.0 Å². The SMILES string of the molecule is Cl.Clc1cccc(CNCCC2(c3ccccn3)CCCOC3(CCCC3)C2)c1. The molecule has 3 nitrogen and oxygen atoms in total. The van der Waals surface area contributed by atoms with E-state index < -0.39 is 0 Å². The van der Waals surface area contributed by atoms with Crippen molar-refractivity contribution >= 4 is 24.0 Å². The Morgan fingerprint density at radius 3 is 2.66 bits per heavy atom. The van der Waals surface area contributed by atoms with Gasteiger partial charge in [-0.1, -0.05) is 42.6 Å². The smallest absolute Gasteiger partial charge is 0.0691 e. The van der Waals surface area contributed by atoms with E-state index in [1.807, 2.05) is 30.5 Å². The standard InChI is InChI=1S/C24H31ClN2O.ClH/c25-21-8-5-7-20(17-21)18-26-15-13-23(22-9-1-4-14-27-22)10-6-16-28-24(19-23)11-2-3-12-24;/h1,4-5,7-9,14,17,26H,2-3,6,10-13,15-16,18-19H2;1H. The molecule has 29 heavy (non-hydrogen) atoms. The lowest BCUT2D eigenvalue weighted by Gasteiger charge is -2.39. The number of nitrogens with one attached hydrogen (secondary N) is 1. The highest BCUT2D eigenvalue weighted by atomic mass is 35.5. The van der Waals surface area contributed by atoms with Crippen LogP contribution in [0.2, 0.25) is 5.02 Å². The van der Waals surface area contributed by atoms with E-state index in [9.17, 15) is 0 Å². The van der Waals surface area contributed by atoms with Crippen LogP contribution in [0.15, 0.2) is 48.7 Å². The van der Waals surface area contributed by atoms with Gasteiger partial charge in [-0.3, -0.25) is 4.98 Å². The first-order valence-electron chi connectivity index (χ1n) is 10.7. The molecule has 2 fully saturated rings. The topological polar surface area (TPSA) is 34.2 Å². The molecule has 1 saturated carbocycles. The minimum absolute atomic E-state index is 0. The highest BCUT2D eigenvalue weighted by molar-refractivity contribution is 6.30. The Morgan fingerprint density at radius 2 is 1.90 bits per heavy atom. The second-order valence-corrected chi connectivity index (χ2v) is 9.01. The molecule has 2 aromatic rings. The van der Waals surface area contributed by atoms with Crippen LogP contribution in [-0.4, -0.2) is 23.7 Å². The summed E-state index contributed by atoms with van der Waals surface area (Å²) in [6.07, 6.45) is 11.4. The highest BCUT2D eigenvalue weighted by Gasteiger charge is 2.46. The molecule has 1 N–H and O–H groups in total. The molecule has 0 radical (unpaired) electrons. The summed E-state index contributed by atoms with van der Waals surface area (Å²) in [6, 6.07) is 14.5. The van der Waals surface area contributed by atoms with Gasteiger partial charge in [0.2, 0.25) is 0 Å². The third-order valence-corrected chi connectivity index (χ3v) is 6.83. The van der Waals surface area contributed by atoms with E-state index >= 15 is 0 Å². The van der Waals surface area contributed by atoms with Crippen LogP contribution in [0.4, 0.5) is 0 Å². The zero-order valence-electron chi connectivity index (χ0n) is 17.0. The van der Waals surface area contributed by atoms with E-state index in [4.69, 9.17) is 21.3 Å². The predicted octanol–water partition coefficient (Wildman–Crippen LogP) is 6.09. The number of halogens is 2. The fourth-order valence-corrected chi connectivity index (χ4v) is 5.45. The second-order valence-electron chi connectivity index (χ2n) is 8.57. The number of hydrogen-bond donors (Lipinski definition) is 1. The minimum Gasteiger partial charge on any atom is -0.375 e. The number of nitrogens with zero attached hydrogens (tertiary/aromatic N) is 1. The van der Waals surface area contributed by atoms with E-state index in [1.54, 1.807) is 0 Å². The van der Waals surface area contributed by atoms with Crippen molar-refractivity contribution in [2.24, 2.45) is 0 Å². The van der Waals surface area contributed by atoms with Crippen LogP contribution in [0.25, 0.3) is 0 Å². The van der Waals surface area contributed by atoms with E-state index in [2.05, 4.69) is 23.5 Å². The van der Waals surface area contributed by atoms with Gasteiger partial charge in [-0.25, -0.2) is 0 Å². The molecular weight excluding hydrogens is 403 g/mol. The molecule has 1 aliphatic carbocycles. The van der Waals surface area contributed by atoms with Crippen LogP contribution in [-0.2, 0) is 16.7 Å². The van der Waals surface area contributed by atoms with Crippen molar-refractivity contribution in [1.29, 1.82) is 0 Å². The van der Waals surface area contributed by atoms with Crippen molar-refractivity contribution in [3.63, 3.8) is 0 Å². The monoisotopic (exact) mass is 434 g/mol. The van der Waals surface area contributed by atoms with Crippen LogP contribution in [0, 0.1) is 0 Å². The third kappa shape index (κ3) is 5.52. The van der Waals surface area contributed by atoms with Crippen LogP contribution < -0.4 is 5.32 Å². The summed E-state index contributed by atoms with van der Waals surface area (Å²) in [5.41, 5.74) is 2.65. The van der Waals surface area contributed by atoms with E-state index in [-0.39, 0.29) is 23.4 Å². The minimum atomic E-state index is 0. The fraction of sp³-hybridized carbons (Fsp3) is 0.542. The molecule has 2 aliphatic rings. The average molecular weight is 435 g/mol. The number of aromatic nitrogens is 1. The molecular formula is C24H32Cl2N2O. The molecule has 1 aromatic heterocycles. The van der Waals surface area contributed by atoms with Gasteiger partial charge in [0.1, 0.15) is 0 Å². The second kappa shape index (κ2) is 10.3. The number of rotatable bonds is 6. The van der Waals surface area contributed by atoms with Crippen molar-refractivity contribution in [1.82, 2.24) is 10.3 Å². The van der Waals surface area contributed by atoms with Gasteiger partial charge in [0.25, 0.3) is 0 Å². The molecule has 0 bridgehead atoms. The lowest BCUT2D eigenvalue weighted by Crippen LogP contribution is -2.40. The van der Waals surface area contributed by atoms with Crippen molar-refractivity contribution in [2.45, 2.75) is 68.9 Å². The number of hydrogen-bond acceptors (Lipinski definition) is 3. The normalized spacial score (nSPS) is 23.5. The van der Waals surface area contributed by atoms with E-state index in [1.165, 1.54) is 36.9 Å². The molecule has 0 amide bonds. The van der Waals surface area contributed by atoms with Gasteiger partial charge < -0.3 is 10.1 Å². The molecule has 4 rings (SSSR count). The Hall–Kier alpha value is -1.13. The van der Waals surface area contributed by atoms with Gasteiger partial charge in [0, 0.05) is 35.5 Å². The van der Waals surface area contributed by atoms with Gasteiger partial charge in [0.15, 0.2) is 0 Å². The maximum absolute atomic E-state index is 6.45. The van der Waals surface area contributed by atoms with Crippen molar-refractivity contribution < 1.29 is 4.74 Å². The van der Waals surface area contributed by atoms with Crippen molar-refractivity contribution in [3.05, 3.63) is 64.9 Å². The molecule has 2 heterocycles. The van der Waals surface area contributed by atoms with Crippen molar-refractivity contribution in [3.8, 4) is 0 Å². The number of pyridine rings is 1. The summed E-state index contributed by atoms with van der Waals surface area (Å²) in [6.45, 7) is 2.71. The average Bonchev–Trinajstić information content (AvgIpc) is 3.08. The molecule has 5 heteroatoms. The summed E-state index contributed by atoms with van der Waals surface area (Å²) in [4.78, 5) is 4.82. The summed E-state index contributed by atoms with van der Waals surface area (Å²) in [5.74, 6) is 0. The van der Waals surface area contributed by atoms with Gasteiger partial charge in [-0.2, -0.15) is 0 Å². The molecule has 158 valence electrons. The maximum atomic E-state index is 6.45. The summed E-state index contributed by atoms with van der Waals surface area (Å²) >= 11 is 6.12. The Kier molecular flexibility index (Phi) is 7.98. The van der Waals surface area contributed by atoms with Gasteiger partial charge in [-0.05, 0) is 74.9 Å². The van der Waals surface area contributed by atoms with Gasteiger partial charge in [0.05, 0.1) is 5.60 Å². The summed E-state index contributed by atoms with van der Waals surface area (Å²) in [5, 5.41) is 4.44. The largest absolute Gasteiger partial charge is 0.375 e. The first kappa shape index (κ1) is 22.6. The molecule has 1 unspecified atom stereocenters.